The Kier molecular flexibility index (Phi) is 8.26. The van der Waals surface area contributed by atoms with Gasteiger partial charge in [-0.1, -0.05) is 152 Å². The summed E-state index contributed by atoms with van der Waals surface area (Å²) in [5.41, 5.74) is 11.9. The molecule has 0 unspecified atom stereocenters. The van der Waals surface area contributed by atoms with Crippen molar-refractivity contribution < 1.29 is 4.42 Å². The Labute approximate surface area is 309 Å². The molecule has 0 fully saturated rings. The van der Waals surface area contributed by atoms with Gasteiger partial charge in [0.15, 0.2) is 0 Å². The zero-order chi connectivity index (χ0) is 35.7. The normalized spacial score (nSPS) is 12.2. The lowest BCUT2D eigenvalue weighted by Gasteiger charge is -2.26. The minimum absolute atomic E-state index is 0.847. The molecule has 9 aromatic rings. The highest BCUT2D eigenvalue weighted by atomic mass is 16.3. The number of hydrogen-bond acceptors (Lipinski definition) is 2. The standard InChI is InChI=1S/C51H37NO/c1-3-40(28-24-35(2)43-22-13-18-36-16-7-9-19-44(36)43)52(42-31-33-48-47-21-11-12-23-49(47)53-50(48)34-42)41-29-25-39(26-30-41)51-45-20-10-8-17-38(45)27-32-46(51)37-14-5-4-6-15-37/h3-34H,1H2,2H3/b35-24+,40-28+. The molecule has 0 radical (unpaired) electrons. The van der Waals surface area contributed by atoms with Crippen molar-refractivity contribution in [1.82, 2.24) is 0 Å². The quantitative estimate of drug-likeness (QED) is 0.149. The van der Waals surface area contributed by atoms with E-state index in [0.717, 1.165) is 44.6 Å². The summed E-state index contributed by atoms with van der Waals surface area (Å²) < 4.78 is 6.38. The summed E-state index contributed by atoms with van der Waals surface area (Å²) in [5, 5.41) is 7.13. The van der Waals surface area contributed by atoms with Gasteiger partial charge in [0.05, 0.1) is 0 Å². The molecule has 1 heterocycles. The molecule has 0 amide bonds. The van der Waals surface area contributed by atoms with Gasteiger partial charge in [0.25, 0.3) is 0 Å². The summed E-state index contributed by atoms with van der Waals surface area (Å²) in [7, 11) is 0. The van der Waals surface area contributed by atoms with Gasteiger partial charge in [-0.05, 0) is 104 Å². The van der Waals surface area contributed by atoms with Crippen LogP contribution in [0.5, 0.6) is 0 Å². The molecule has 1 aromatic heterocycles. The van der Waals surface area contributed by atoms with Crippen LogP contribution in [-0.2, 0) is 0 Å². The number of allylic oxidation sites excluding steroid dienone is 4. The highest BCUT2D eigenvalue weighted by Crippen LogP contribution is 2.41. The number of rotatable bonds is 8. The zero-order valence-corrected chi connectivity index (χ0v) is 29.5. The van der Waals surface area contributed by atoms with Gasteiger partial charge in [0.2, 0.25) is 0 Å². The molecule has 53 heavy (non-hydrogen) atoms. The molecule has 0 spiro atoms. The number of benzene rings is 8. The van der Waals surface area contributed by atoms with E-state index in [1.807, 2.05) is 18.2 Å². The molecular weight excluding hydrogens is 643 g/mol. The van der Waals surface area contributed by atoms with E-state index in [4.69, 9.17) is 4.42 Å². The van der Waals surface area contributed by atoms with Gasteiger partial charge in [0, 0.05) is 33.9 Å². The molecule has 252 valence electrons. The van der Waals surface area contributed by atoms with E-state index in [9.17, 15) is 0 Å². The number of furan rings is 1. The minimum Gasteiger partial charge on any atom is -0.456 e. The first-order valence-electron chi connectivity index (χ1n) is 18.0. The minimum atomic E-state index is 0.847. The fourth-order valence-corrected chi connectivity index (χ4v) is 7.62. The monoisotopic (exact) mass is 679 g/mol. The summed E-state index contributed by atoms with van der Waals surface area (Å²) in [6.45, 7) is 6.49. The summed E-state index contributed by atoms with van der Waals surface area (Å²) in [6, 6.07) is 62.4. The Morgan fingerprint density at radius 1 is 0.509 bits per heavy atom. The maximum Gasteiger partial charge on any atom is 0.137 e. The summed E-state index contributed by atoms with van der Waals surface area (Å²) in [4.78, 5) is 2.26. The third-order valence-electron chi connectivity index (χ3n) is 10.2. The maximum absolute atomic E-state index is 6.38. The smallest absolute Gasteiger partial charge is 0.137 e. The largest absolute Gasteiger partial charge is 0.456 e. The number of hydrogen-bond donors (Lipinski definition) is 0. The SMILES string of the molecule is C=C/C(=C\C=C(/C)c1cccc2ccccc12)N(c1ccc(-c2c(-c3ccccc3)ccc3ccccc23)cc1)c1ccc2c(c1)oc1ccccc12. The first kappa shape index (κ1) is 32.0. The first-order chi connectivity index (χ1) is 26.2. The van der Waals surface area contributed by atoms with E-state index in [2.05, 4.69) is 194 Å². The predicted molar refractivity (Wildman–Crippen MR) is 227 cm³/mol. The topological polar surface area (TPSA) is 16.4 Å². The molecule has 0 bridgehead atoms. The molecule has 2 heteroatoms. The third-order valence-corrected chi connectivity index (χ3v) is 10.2. The van der Waals surface area contributed by atoms with Crippen LogP contribution in [0.25, 0.3) is 71.3 Å². The Bertz CT molecular complexity index is 2850. The molecule has 9 rings (SSSR count). The van der Waals surface area contributed by atoms with Crippen molar-refractivity contribution in [2.24, 2.45) is 0 Å². The molecule has 0 saturated carbocycles. The van der Waals surface area contributed by atoms with Crippen molar-refractivity contribution in [3.8, 4) is 22.3 Å². The molecule has 0 aliphatic rings. The van der Waals surface area contributed by atoms with Crippen LogP contribution in [-0.4, -0.2) is 0 Å². The second-order valence-corrected chi connectivity index (χ2v) is 13.4. The van der Waals surface area contributed by atoms with Crippen molar-refractivity contribution in [3.63, 3.8) is 0 Å². The highest BCUT2D eigenvalue weighted by Gasteiger charge is 2.18. The molecule has 8 aromatic carbocycles. The van der Waals surface area contributed by atoms with Crippen LogP contribution in [0.15, 0.2) is 211 Å². The van der Waals surface area contributed by atoms with Gasteiger partial charge in [0.1, 0.15) is 11.2 Å². The fraction of sp³-hybridized carbons (Fsp3) is 0.0196. The fourth-order valence-electron chi connectivity index (χ4n) is 7.62. The average molecular weight is 680 g/mol. The number of fused-ring (bicyclic) bond motifs is 5. The molecule has 0 aliphatic heterocycles. The van der Waals surface area contributed by atoms with Gasteiger partial charge in [-0.25, -0.2) is 0 Å². The second kappa shape index (κ2) is 13.7. The second-order valence-electron chi connectivity index (χ2n) is 13.4. The predicted octanol–water partition coefficient (Wildman–Crippen LogP) is 14.5. The van der Waals surface area contributed by atoms with E-state index in [-0.39, 0.29) is 0 Å². The molecule has 2 nitrogen and oxygen atoms in total. The number of nitrogens with zero attached hydrogens (tertiary/aromatic N) is 1. The van der Waals surface area contributed by atoms with Crippen LogP contribution in [0.4, 0.5) is 11.4 Å². The van der Waals surface area contributed by atoms with Crippen molar-refractivity contribution in [1.29, 1.82) is 0 Å². The molecule has 0 saturated heterocycles. The van der Waals surface area contributed by atoms with E-state index in [1.165, 1.54) is 49.4 Å². The van der Waals surface area contributed by atoms with Crippen LogP contribution >= 0.6 is 0 Å². The van der Waals surface area contributed by atoms with E-state index < -0.39 is 0 Å². The molecule has 0 atom stereocenters. The van der Waals surface area contributed by atoms with E-state index >= 15 is 0 Å². The summed E-state index contributed by atoms with van der Waals surface area (Å²) in [5.74, 6) is 0. The highest BCUT2D eigenvalue weighted by molar-refractivity contribution is 6.06. The lowest BCUT2D eigenvalue weighted by molar-refractivity contribution is 0.669. The Balaban J connectivity index is 1.19. The van der Waals surface area contributed by atoms with Gasteiger partial charge in [-0.2, -0.15) is 0 Å². The van der Waals surface area contributed by atoms with E-state index in [0.29, 0.717) is 0 Å². The van der Waals surface area contributed by atoms with Crippen molar-refractivity contribution in [2.75, 3.05) is 4.90 Å². The summed E-state index contributed by atoms with van der Waals surface area (Å²) in [6.07, 6.45) is 6.29. The average Bonchev–Trinajstić information content (AvgIpc) is 3.60. The van der Waals surface area contributed by atoms with E-state index in [1.54, 1.807) is 0 Å². The lowest BCUT2D eigenvalue weighted by atomic mass is 9.89. The Hall–Kier alpha value is -6.90. The Morgan fingerprint density at radius 3 is 1.94 bits per heavy atom. The van der Waals surface area contributed by atoms with Crippen LogP contribution in [0, 0.1) is 0 Å². The Morgan fingerprint density at radius 2 is 1.15 bits per heavy atom. The van der Waals surface area contributed by atoms with Crippen molar-refractivity contribution >= 4 is 60.4 Å². The van der Waals surface area contributed by atoms with Crippen LogP contribution in [0.3, 0.4) is 0 Å². The lowest BCUT2D eigenvalue weighted by Crippen LogP contribution is -2.15. The number of anilines is 2. The van der Waals surface area contributed by atoms with Crippen molar-refractivity contribution in [3.05, 3.63) is 212 Å². The molecular formula is C51H37NO. The summed E-state index contributed by atoms with van der Waals surface area (Å²) >= 11 is 0. The third kappa shape index (κ3) is 5.91. The van der Waals surface area contributed by atoms with Gasteiger partial charge in [-0.3, -0.25) is 0 Å². The molecule has 0 aliphatic carbocycles. The maximum atomic E-state index is 6.38. The van der Waals surface area contributed by atoms with Crippen LogP contribution in [0.1, 0.15) is 12.5 Å². The zero-order valence-electron chi connectivity index (χ0n) is 29.5. The van der Waals surface area contributed by atoms with Gasteiger partial charge < -0.3 is 9.32 Å². The van der Waals surface area contributed by atoms with Crippen molar-refractivity contribution in [2.45, 2.75) is 6.92 Å². The van der Waals surface area contributed by atoms with Crippen LogP contribution in [0.2, 0.25) is 0 Å². The number of para-hydroxylation sites is 1. The van der Waals surface area contributed by atoms with Gasteiger partial charge >= 0.3 is 0 Å². The van der Waals surface area contributed by atoms with Gasteiger partial charge in [-0.15, -0.1) is 0 Å². The first-order valence-corrected chi connectivity index (χ1v) is 18.0. The molecule has 0 N–H and O–H groups in total. The van der Waals surface area contributed by atoms with Crippen LogP contribution < -0.4 is 4.90 Å².